The van der Waals surface area contributed by atoms with Crippen molar-refractivity contribution in [1.82, 2.24) is 0 Å². The smallest absolute Gasteiger partial charge is 0.00384 e. The molecule has 0 fully saturated rings. The van der Waals surface area contributed by atoms with Gasteiger partial charge >= 0.3 is 0 Å². The van der Waals surface area contributed by atoms with Crippen molar-refractivity contribution in [3.05, 3.63) is 0 Å². The van der Waals surface area contributed by atoms with Gasteiger partial charge in [0, 0.05) is 0 Å². The van der Waals surface area contributed by atoms with E-state index in [-0.39, 0.29) is 7.12 Å². The Morgan fingerprint density at radius 2 is 1.90 bits per heavy atom. The second-order valence-corrected chi connectivity index (χ2v) is 7.05. The molecule has 0 amide bonds. The van der Waals surface area contributed by atoms with Crippen LogP contribution in [0, 0.1) is 0 Å². The summed E-state index contributed by atoms with van der Waals surface area (Å²) in [6, 6.07) is 0. The van der Waals surface area contributed by atoms with Crippen LogP contribution in [0.15, 0.2) is 0 Å². The number of hydrogen-bond acceptors (Lipinski definition) is 1. The lowest BCUT2D eigenvalue weighted by atomic mass is 10.0. The third-order valence-corrected chi connectivity index (χ3v) is 5.88. The van der Waals surface area contributed by atoms with E-state index in [1.165, 1.54) is 19.3 Å². The van der Waals surface area contributed by atoms with Crippen LogP contribution in [0.3, 0.4) is 0 Å². The summed E-state index contributed by atoms with van der Waals surface area (Å²) >= 11 is 4.56. The normalized spacial score (nSPS) is 20.1. The standard InChI is InChI=1S/C8H19PS/c1-5-7-8(3,6-2)9(4)10/h10H,5-7H2,1-4H3. The van der Waals surface area contributed by atoms with E-state index in [1.54, 1.807) is 0 Å². The minimum Gasteiger partial charge on any atom is -0.151 e. The molecule has 0 aromatic heterocycles. The molecule has 0 bridgehead atoms. The molecule has 0 radical (unpaired) electrons. The maximum Gasteiger partial charge on any atom is -0.00384 e. The molecule has 10 heavy (non-hydrogen) atoms. The number of rotatable bonds is 4. The lowest BCUT2D eigenvalue weighted by Crippen LogP contribution is -2.18. The Labute approximate surface area is 71.7 Å². The second kappa shape index (κ2) is 4.62. The minimum atomic E-state index is -0.0575. The summed E-state index contributed by atoms with van der Waals surface area (Å²) in [4.78, 5) is 0. The molecule has 0 aliphatic rings. The Morgan fingerprint density at radius 1 is 1.40 bits per heavy atom. The molecule has 0 N–H and O–H groups in total. The Kier molecular flexibility index (Phi) is 4.98. The zero-order chi connectivity index (χ0) is 8.20. The van der Waals surface area contributed by atoms with Gasteiger partial charge in [-0.1, -0.05) is 27.2 Å². The molecule has 0 saturated heterocycles. The molecule has 0 aromatic rings. The van der Waals surface area contributed by atoms with Crippen LogP contribution in [-0.4, -0.2) is 11.8 Å². The molecular formula is C8H19PS. The fourth-order valence-corrected chi connectivity index (χ4v) is 2.84. The average molecular weight is 178 g/mol. The summed E-state index contributed by atoms with van der Waals surface area (Å²) in [5, 5.41) is 0.521. The molecule has 0 heterocycles. The SMILES string of the molecule is CCCC(C)(CC)P(C)S. The predicted octanol–water partition coefficient (Wildman–Crippen LogP) is 3.91. The molecule has 0 rings (SSSR count). The lowest BCUT2D eigenvalue weighted by Gasteiger charge is -2.31. The maximum atomic E-state index is 4.56. The Balaban J connectivity index is 3.94. The number of thiol groups is 1. The van der Waals surface area contributed by atoms with Crippen LogP contribution in [0.2, 0.25) is 0 Å². The third kappa shape index (κ3) is 2.80. The van der Waals surface area contributed by atoms with Gasteiger partial charge in [-0.25, -0.2) is 0 Å². The zero-order valence-electron chi connectivity index (χ0n) is 7.52. The molecule has 0 nitrogen and oxygen atoms in total. The third-order valence-electron chi connectivity index (χ3n) is 2.33. The van der Waals surface area contributed by atoms with Crippen molar-refractivity contribution in [3.8, 4) is 0 Å². The quantitative estimate of drug-likeness (QED) is 0.489. The van der Waals surface area contributed by atoms with Gasteiger partial charge in [-0.2, -0.15) is 12.2 Å². The summed E-state index contributed by atoms with van der Waals surface area (Å²) in [6.45, 7) is 9.14. The Bertz CT molecular complexity index is 93.3. The van der Waals surface area contributed by atoms with E-state index >= 15 is 0 Å². The fourth-order valence-electron chi connectivity index (χ4n) is 1.11. The highest BCUT2D eigenvalue weighted by atomic mass is 32.7. The van der Waals surface area contributed by atoms with E-state index in [0.717, 1.165) is 0 Å². The molecule has 62 valence electrons. The molecule has 2 atom stereocenters. The highest BCUT2D eigenvalue weighted by molar-refractivity contribution is 8.45. The van der Waals surface area contributed by atoms with Crippen molar-refractivity contribution >= 4 is 19.4 Å². The van der Waals surface area contributed by atoms with Crippen LogP contribution in [0.25, 0.3) is 0 Å². The first-order valence-electron chi connectivity index (χ1n) is 3.99. The monoisotopic (exact) mass is 178 g/mol. The van der Waals surface area contributed by atoms with Gasteiger partial charge in [0.05, 0.1) is 0 Å². The summed E-state index contributed by atoms with van der Waals surface area (Å²) in [5.41, 5.74) is 0. The first kappa shape index (κ1) is 10.8. The van der Waals surface area contributed by atoms with E-state index < -0.39 is 0 Å². The molecule has 0 saturated carbocycles. The van der Waals surface area contributed by atoms with Crippen molar-refractivity contribution in [1.29, 1.82) is 0 Å². The Hall–Kier alpha value is 0.780. The molecule has 0 aliphatic heterocycles. The van der Waals surface area contributed by atoms with Gasteiger partial charge < -0.3 is 0 Å². The highest BCUT2D eigenvalue weighted by Crippen LogP contribution is 2.54. The van der Waals surface area contributed by atoms with Crippen LogP contribution in [-0.2, 0) is 0 Å². The zero-order valence-corrected chi connectivity index (χ0v) is 9.30. The lowest BCUT2D eigenvalue weighted by molar-refractivity contribution is 0.554. The topological polar surface area (TPSA) is 0 Å². The second-order valence-electron chi connectivity index (χ2n) is 3.12. The fraction of sp³-hybridized carbons (Fsp3) is 1.00. The highest BCUT2D eigenvalue weighted by Gasteiger charge is 2.25. The molecule has 0 aliphatic carbocycles. The van der Waals surface area contributed by atoms with Crippen LogP contribution < -0.4 is 0 Å². The first-order valence-corrected chi connectivity index (χ1v) is 6.93. The van der Waals surface area contributed by atoms with E-state index in [2.05, 4.69) is 39.7 Å². The van der Waals surface area contributed by atoms with E-state index in [0.29, 0.717) is 5.16 Å². The summed E-state index contributed by atoms with van der Waals surface area (Å²) < 4.78 is 0. The van der Waals surface area contributed by atoms with Crippen molar-refractivity contribution in [2.75, 3.05) is 6.66 Å². The Morgan fingerprint density at radius 3 is 2.00 bits per heavy atom. The van der Waals surface area contributed by atoms with Gasteiger partial charge in [-0.05, 0) is 31.8 Å². The van der Waals surface area contributed by atoms with Crippen LogP contribution in [0.4, 0.5) is 0 Å². The van der Waals surface area contributed by atoms with Gasteiger partial charge in [0.15, 0.2) is 0 Å². The van der Waals surface area contributed by atoms with Crippen LogP contribution in [0.1, 0.15) is 40.0 Å². The minimum absolute atomic E-state index is 0.0575. The van der Waals surface area contributed by atoms with E-state index in [9.17, 15) is 0 Å². The summed E-state index contributed by atoms with van der Waals surface area (Å²) in [7, 11) is -0.0575. The van der Waals surface area contributed by atoms with Crippen molar-refractivity contribution < 1.29 is 0 Å². The summed E-state index contributed by atoms with van der Waals surface area (Å²) in [5.74, 6) is 0. The van der Waals surface area contributed by atoms with Crippen molar-refractivity contribution in [2.45, 2.75) is 45.2 Å². The predicted molar refractivity (Wildman–Crippen MR) is 55.4 cm³/mol. The molecule has 0 aromatic carbocycles. The molecule has 0 spiro atoms. The van der Waals surface area contributed by atoms with E-state index in [1.807, 2.05) is 0 Å². The average Bonchev–Trinajstić information content (AvgIpc) is 1.88. The van der Waals surface area contributed by atoms with Crippen molar-refractivity contribution in [2.24, 2.45) is 0 Å². The van der Waals surface area contributed by atoms with Gasteiger partial charge in [-0.3, -0.25) is 0 Å². The molecular weight excluding hydrogens is 159 g/mol. The molecule has 2 heteroatoms. The van der Waals surface area contributed by atoms with Gasteiger partial charge in [-0.15, -0.1) is 0 Å². The van der Waals surface area contributed by atoms with Gasteiger partial charge in [0.2, 0.25) is 0 Å². The van der Waals surface area contributed by atoms with Crippen LogP contribution in [0.5, 0.6) is 0 Å². The largest absolute Gasteiger partial charge is 0.151 e. The van der Waals surface area contributed by atoms with E-state index in [4.69, 9.17) is 0 Å². The summed E-state index contributed by atoms with van der Waals surface area (Å²) in [6.07, 6.45) is 3.89. The maximum absolute atomic E-state index is 4.56. The van der Waals surface area contributed by atoms with Gasteiger partial charge in [0.25, 0.3) is 0 Å². The molecule has 2 unspecified atom stereocenters. The van der Waals surface area contributed by atoms with Gasteiger partial charge in [0.1, 0.15) is 0 Å². The number of hydrogen-bond donors (Lipinski definition) is 1. The van der Waals surface area contributed by atoms with Crippen LogP contribution >= 0.6 is 19.4 Å². The first-order chi connectivity index (χ1) is 4.56. The van der Waals surface area contributed by atoms with Crippen molar-refractivity contribution in [3.63, 3.8) is 0 Å².